The molecule has 8 heteroatoms. The fraction of sp³-hybridized carbons (Fsp3) is 0.190. The van der Waals surface area contributed by atoms with Crippen LogP contribution in [0.2, 0.25) is 0 Å². The Kier molecular flexibility index (Phi) is 5.54. The molecule has 1 amide bonds. The number of aromatic nitrogens is 4. The Morgan fingerprint density at radius 3 is 2.55 bits per heavy atom. The minimum atomic E-state index is -1.03. The molecule has 0 aromatic carbocycles. The number of carboxylic acid groups (broad SMARTS) is 1. The lowest BCUT2D eigenvalue weighted by Gasteiger charge is -2.19. The maximum Gasteiger partial charge on any atom is 0.328 e. The number of aliphatic carboxylic acids is 1. The SMILES string of the molecule is CC(C)(C)NC(=O)c1cc(-c2ccc(/C=C/C(=O)O)cn2)n(-c2cccnc2)n1. The van der Waals surface area contributed by atoms with E-state index < -0.39 is 11.5 Å². The summed E-state index contributed by atoms with van der Waals surface area (Å²) < 4.78 is 1.61. The number of amides is 1. The molecule has 0 atom stereocenters. The Morgan fingerprint density at radius 2 is 1.97 bits per heavy atom. The summed E-state index contributed by atoms with van der Waals surface area (Å²) in [5, 5.41) is 16.1. The van der Waals surface area contributed by atoms with Gasteiger partial charge in [0.2, 0.25) is 0 Å². The van der Waals surface area contributed by atoms with E-state index in [2.05, 4.69) is 20.4 Å². The largest absolute Gasteiger partial charge is 0.478 e. The highest BCUT2D eigenvalue weighted by atomic mass is 16.4. The van der Waals surface area contributed by atoms with Crippen LogP contribution >= 0.6 is 0 Å². The third-order valence-corrected chi connectivity index (χ3v) is 3.79. The van der Waals surface area contributed by atoms with Crippen molar-refractivity contribution in [2.24, 2.45) is 0 Å². The molecule has 0 fully saturated rings. The van der Waals surface area contributed by atoms with Crippen molar-refractivity contribution in [2.75, 3.05) is 0 Å². The molecule has 0 aliphatic heterocycles. The summed E-state index contributed by atoms with van der Waals surface area (Å²) in [6, 6.07) is 8.78. The van der Waals surface area contributed by atoms with Gasteiger partial charge in [-0.15, -0.1) is 0 Å². The molecule has 2 N–H and O–H groups in total. The molecule has 0 radical (unpaired) electrons. The minimum absolute atomic E-state index is 0.260. The van der Waals surface area contributed by atoms with Gasteiger partial charge in [-0.1, -0.05) is 6.07 Å². The van der Waals surface area contributed by atoms with Gasteiger partial charge >= 0.3 is 5.97 Å². The first kappa shape index (κ1) is 19.9. The van der Waals surface area contributed by atoms with Crippen LogP contribution in [0.15, 0.2) is 55.0 Å². The van der Waals surface area contributed by atoms with Gasteiger partial charge in [-0.25, -0.2) is 9.48 Å². The van der Waals surface area contributed by atoms with Crippen LogP contribution < -0.4 is 5.32 Å². The van der Waals surface area contributed by atoms with Crippen molar-refractivity contribution >= 4 is 18.0 Å². The molecule has 3 aromatic rings. The molecule has 8 nitrogen and oxygen atoms in total. The highest BCUT2D eigenvalue weighted by Gasteiger charge is 2.21. The van der Waals surface area contributed by atoms with Crippen molar-refractivity contribution in [3.8, 4) is 17.1 Å². The van der Waals surface area contributed by atoms with Gasteiger partial charge < -0.3 is 10.4 Å². The number of rotatable bonds is 5. The molecular weight excluding hydrogens is 370 g/mol. The van der Waals surface area contributed by atoms with Gasteiger partial charge in [-0.3, -0.25) is 14.8 Å². The van der Waals surface area contributed by atoms with Gasteiger partial charge in [-0.05, 0) is 56.7 Å². The molecule has 3 rings (SSSR count). The first-order chi connectivity index (χ1) is 13.7. The van der Waals surface area contributed by atoms with Crippen molar-refractivity contribution in [1.82, 2.24) is 25.1 Å². The second kappa shape index (κ2) is 8.05. The van der Waals surface area contributed by atoms with Gasteiger partial charge in [0.15, 0.2) is 5.69 Å². The van der Waals surface area contributed by atoms with Crippen LogP contribution in [0.4, 0.5) is 0 Å². The highest BCUT2D eigenvalue weighted by molar-refractivity contribution is 5.94. The van der Waals surface area contributed by atoms with Crippen molar-refractivity contribution in [3.63, 3.8) is 0 Å². The van der Waals surface area contributed by atoms with E-state index in [0.717, 1.165) is 6.08 Å². The van der Waals surface area contributed by atoms with Gasteiger partial charge in [-0.2, -0.15) is 5.10 Å². The lowest BCUT2D eigenvalue weighted by Crippen LogP contribution is -2.40. The van der Waals surface area contributed by atoms with Gasteiger partial charge in [0.05, 0.1) is 23.3 Å². The highest BCUT2D eigenvalue weighted by Crippen LogP contribution is 2.23. The third-order valence-electron chi connectivity index (χ3n) is 3.79. The normalized spacial score (nSPS) is 11.6. The van der Waals surface area contributed by atoms with E-state index in [1.54, 1.807) is 47.5 Å². The third kappa shape index (κ3) is 5.13. The summed E-state index contributed by atoms with van der Waals surface area (Å²) in [5.41, 5.74) is 2.40. The molecule has 0 aliphatic rings. The molecule has 0 unspecified atom stereocenters. The molecular formula is C21H21N5O3. The van der Waals surface area contributed by atoms with Crippen LogP contribution in [0.5, 0.6) is 0 Å². The molecule has 29 heavy (non-hydrogen) atoms. The Morgan fingerprint density at radius 1 is 1.17 bits per heavy atom. The summed E-state index contributed by atoms with van der Waals surface area (Å²) >= 11 is 0. The summed E-state index contributed by atoms with van der Waals surface area (Å²) in [4.78, 5) is 31.8. The van der Waals surface area contributed by atoms with Crippen LogP contribution in [-0.2, 0) is 4.79 Å². The average molecular weight is 391 g/mol. The molecule has 0 aliphatic carbocycles. The summed E-state index contributed by atoms with van der Waals surface area (Å²) in [6.45, 7) is 5.69. The average Bonchev–Trinajstić information content (AvgIpc) is 3.12. The lowest BCUT2D eigenvalue weighted by atomic mass is 10.1. The number of carboxylic acids is 1. The maximum atomic E-state index is 12.6. The minimum Gasteiger partial charge on any atom is -0.478 e. The van der Waals surface area contributed by atoms with E-state index >= 15 is 0 Å². The van der Waals surface area contributed by atoms with Gasteiger partial charge in [0.25, 0.3) is 5.91 Å². The van der Waals surface area contributed by atoms with Crippen molar-refractivity contribution in [1.29, 1.82) is 0 Å². The molecule has 0 saturated carbocycles. The van der Waals surface area contributed by atoms with Gasteiger partial charge in [0.1, 0.15) is 0 Å². The number of hydrogen-bond acceptors (Lipinski definition) is 5. The van der Waals surface area contributed by atoms with Crippen LogP contribution in [0.25, 0.3) is 23.2 Å². The number of nitrogens with one attached hydrogen (secondary N) is 1. The molecule has 0 bridgehead atoms. The number of carbonyl (C=O) groups is 2. The standard InChI is InChI=1S/C21H21N5O3/c1-21(2,3)24-20(29)17-11-18(26(25-17)15-5-4-10-22-13-15)16-8-6-14(12-23-16)7-9-19(27)28/h4-13H,1-3H3,(H,24,29)(H,27,28)/b9-7+. The van der Waals surface area contributed by atoms with Crippen molar-refractivity contribution < 1.29 is 14.7 Å². The first-order valence-corrected chi connectivity index (χ1v) is 8.93. The Labute approximate surface area is 167 Å². The predicted molar refractivity (Wildman–Crippen MR) is 108 cm³/mol. The van der Waals surface area contributed by atoms with E-state index in [0.29, 0.717) is 22.6 Å². The smallest absolute Gasteiger partial charge is 0.328 e. The van der Waals surface area contributed by atoms with Crippen LogP contribution in [0.1, 0.15) is 36.8 Å². The van der Waals surface area contributed by atoms with E-state index in [1.807, 2.05) is 26.8 Å². The zero-order valence-electron chi connectivity index (χ0n) is 16.3. The zero-order valence-corrected chi connectivity index (χ0v) is 16.3. The topological polar surface area (TPSA) is 110 Å². The number of carbonyl (C=O) groups excluding carboxylic acids is 1. The van der Waals surface area contributed by atoms with Crippen LogP contribution in [-0.4, -0.2) is 42.3 Å². The Balaban J connectivity index is 2.02. The monoisotopic (exact) mass is 391 g/mol. The quantitative estimate of drug-likeness (QED) is 0.647. The predicted octanol–water partition coefficient (Wildman–Crippen LogP) is 2.96. The fourth-order valence-corrected chi connectivity index (χ4v) is 2.58. The van der Waals surface area contributed by atoms with Crippen LogP contribution in [0.3, 0.4) is 0 Å². The molecule has 0 saturated heterocycles. The second-order valence-electron chi connectivity index (χ2n) is 7.39. The summed E-state index contributed by atoms with van der Waals surface area (Å²) in [5.74, 6) is -1.32. The molecule has 3 heterocycles. The molecule has 148 valence electrons. The summed E-state index contributed by atoms with van der Waals surface area (Å²) in [7, 11) is 0. The second-order valence-corrected chi connectivity index (χ2v) is 7.39. The van der Waals surface area contributed by atoms with E-state index in [9.17, 15) is 9.59 Å². The Hall–Kier alpha value is -3.81. The van der Waals surface area contributed by atoms with Crippen molar-refractivity contribution in [2.45, 2.75) is 26.3 Å². The first-order valence-electron chi connectivity index (χ1n) is 8.93. The number of pyridine rings is 2. The van der Waals surface area contributed by atoms with E-state index in [-0.39, 0.29) is 11.6 Å². The Bertz CT molecular complexity index is 1050. The zero-order chi connectivity index (χ0) is 21.0. The number of hydrogen-bond donors (Lipinski definition) is 2. The molecule has 3 aromatic heterocycles. The van der Waals surface area contributed by atoms with Gasteiger partial charge in [0, 0.05) is 24.0 Å². The molecule has 0 spiro atoms. The van der Waals surface area contributed by atoms with E-state index in [4.69, 9.17) is 5.11 Å². The van der Waals surface area contributed by atoms with Crippen molar-refractivity contribution in [3.05, 3.63) is 66.3 Å². The maximum absolute atomic E-state index is 12.6. The lowest BCUT2D eigenvalue weighted by molar-refractivity contribution is -0.131. The summed E-state index contributed by atoms with van der Waals surface area (Å²) in [6.07, 6.45) is 7.36. The number of nitrogens with zero attached hydrogens (tertiary/aromatic N) is 4. The van der Waals surface area contributed by atoms with Crippen LogP contribution in [0, 0.1) is 0 Å². The van der Waals surface area contributed by atoms with E-state index in [1.165, 1.54) is 6.08 Å². The fourth-order valence-electron chi connectivity index (χ4n) is 2.58.